The number of aliphatic carboxylic acids is 1. The number of amides is 3. The quantitative estimate of drug-likeness (QED) is 0.529. The number of hydrogen-bond donors (Lipinski definition) is 4. The molecule has 0 heterocycles. The van der Waals surface area contributed by atoms with Gasteiger partial charge in [0.15, 0.2) is 0 Å². The minimum Gasteiger partial charge on any atom is -0.481 e. The van der Waals surface area contributed by atoms with Gasteiger partial charge in [-0.05, 0) is 26.2 Å². The summed E-state index contributed by atoms with van der Waals surface area (Å²) in [6.45, 7) is 2.18. The van der Waals surface area contributed by atoms with Gasteiger partial charge in [0.1, 0.15) is 0 Å². The molecule has 18 heavy (non-hydrogen) atoms. The number of carbonyl (C=O) groups is 3. The summed E-state index contributed by atoms with van der Waals surface area (Å²) in [4.78, 5) is 33.4. The van der Waals surface area contributed by atoms with Crippen LogP contribution >= 0.6 is 0 Å². The predicted molar refractivity (Wildman–Crippen MR) is 64.1 cm³/mol. The van der Waals surface area contributed by atoms with Gasteiger partial charge in [0, 0.05) is 6.54 Å². The van der Waals surface area contributed by atoms with Crippen LogP contribution < -0.4 is 16.0 Å². The van der Waals surface area contributed by atoms with Crippen molar-refractivity contribution in [2.24, 2.45) is 0 Å². The van der Waals surface area contributed by atoms with Crippen LogP contribution in [-0.2, 0) is 9.59 Å². The van der Waals surface area contributed by atoms with Crippen LogP contribution in [0.3, 0.4) is 0 Å². The Kier molecular flexibility index (Phi) is 4.94. The van der Waals surface area contributed by atoms with Crippen LogP contribution in [0.4, 0.5) is 4.79 Å². The van der Waals surface area contributed by atoms with Crippen LogP contribution in [0.15, 0.2) is 0 Å². The maximum Gasteiger partial charge on any atom is 0.315 e. The molecular formula is C11H19N3O4. The standard InChI is InChI=1S/C11H19N3O4/c1-2-12-8(15)7-13-10(18)14-11(4-3-5-11)6-9(16)17/h2-7H2,1H3,(H,12,15)(H,16,17)(H2,13,14,18). The first-order chi connectivity index (χ1) is 8.47. The number of carbonyl (C=O) groups excluding carboxylic acids is 2. The van der Waals surface area contributed by atoms with E-state index in [-0.39, 0.29) is 18.9 Å². The topological polar surface area (TPSA) is 108 Å². The van der Waals surface area contributed by atoms with Gasteiger partial charge >= 0.3 is 12.0 Å². The lowest BCUT2D eigenvalue weighted by Gasteiger charge is -2.41. The van der Waals surface area contributed by atoms with Crippen molar-refractivity contribution >= 4 is 17.9 Å². The van der Waals surface area contributed by atoms with Gasteiger partial charge in [0.2, 0.25) is 5.91 Å². The number of carboxylic acids is 1. The zero-order valence-corrected chi connectivity index (χ0v) is 10.4. The summed E-state index contributed by atoms with van der Waals surface area (Å²) in [5.74, 6) is -1.20. The van der Waals surface area contributed by atoms with Crippen LogP contribution in [-0.4, -0.2) is 41.6 Å². The molecule has 0 bridgehead atoms. The Morgan fingerprint density at radius 1 is 1.22 bits per heavy atom. The van der Waals surface area contributed by atoms with E-state index in [2.05, 4.69) is 16.0 Å². The smallest absolute Gasteiger partial charge is 0.315 e. The van der Waals surface area contributed by atoms with Gasteiger partial charge in [-0.15, -0.1) is 0 Å². The van der Waals surface area contributed by atoms with Gasteiger partial charge in [-0.25, -0.2) is 4.79 Å². The molecule has 0 unspecified atom stereocenters. The molecule has 1 aliphatic carbocycles. The van der Waals surface area contributed by atoms with E-state index < -0.39 is 17.5 Å². The van der Waals surface area contributed by atoms with Crippen LogP contribution in [0.5, 0.6) is 0 Å². The van der Waals surface area contributed by atoms with E-state index in [0.717, 1.165) is 6.42 Å². The Bertz CT molecular complexity index is 339. The van der Waals surface area contributed by atoms with Crippen molar-refractivity contribution in [3.63, 3.8) is 0 Å². The number of carboxylic acid groups (broad SMARTS) is 1. The lowest BCUT2D eigenvalue weighted by atomic mass is 9.74. The van der Waals surface area contributed by atoms with Gasteiger partial charge in [-0.2, -0.15) is 0 Å². The van der Waals surface area contributed by atoms with E-state index in [1.807, 2.05) is 0 Å². The summed E-state index contributed by atoms with van der Waals surface area (Å²) in [6, 6.07) is -0.498. The normalized spacial score (nSPS) is 16.3. The Hall–Kier alpha value is -1.79. The highest BCUT2D eigenvalue weighted by atomic mass is 16.4. The zero-order valence-electron chi connectivity index (χ0n) is 10.4. The van der Waals surface area contributed by atoms with Crippen molar-refractivity contribution in [1.82, 2.24) is 16.0 Å². The maximum atomic E-state index is 11.5. The molecule has 0 aromatic rings. The van der Waals surface area contributed by atoms with Gasteiger partial charge in [-0.3, -0.25) is 9.59 Å². The summed E-state index contributed by atoms with van der Waals surface area (Å²) < 4.78 is 0. The van der Waals surface area contributed by atoms with Gasteiger partial charge in [-0.1, -0.05) is 0 Å². The molecule has 0 aromatic heterocycles. The third-order valence-corrected chi connectivity index (χ3v) is 2.96. The summed E-state index contributed by atoms with van der Waals surface area (Å²) >= 11 is 0. The van der Waals surface area contributed by atoms with E-state index in [1.54, 1.807) is 6.92 Å². The average molecular weight is 257 g/mol. The van der Waals surface area contributed by atoms with Crippen LogP contribution in [0.1, 0.15) is 32.6 Å². The van der Waals surface area contributed by atoms with Crippen LogP contribution in [0.2, 0.25) is 0 Å². The first-order valence-electron chi connectivity index (χ1n) is 6.02. The molecule has 3 amide bonds. The van der Waals surface area contributed by atoms with E-state index in [0.29, 0.717) is 19.4 Å². The molecule has 0 atom stereocenters. The second-order valence-electron chi connectivity index (χ2n) is 4.47. The lowest BCUT2D eigenvalue weighted by molar-refractivity contribution is -0.139. The number of likely N-dealkylation sites (N-methyl/N-ethyl adjacent to an activating group) is 1. The summed E-state index contributed by atoms with van der Waals surface area (Å²) in [7, 11) is 0. The highest BCUT2D eigenvalue weighted by Crippen LogP contribution is 2.34. The van der Waals surface area contributed by atoms with Crippen molar-refractivity contribution in [2.45, 2.75) is 38.1 Å². The van der Waals surface area contributed by atoms with Crippen molar-refractivity contribution in [3.8, 4) is 0 Å². The largest absolute Gasteiger partial charge is 0.481 e. The monoisotopic (exact) mass is 257 g/mol. The van der Waals surface area contributed by atoms with E-state index in [4.69, 9.17) is 5.11 Å². The highest BCUT2D eigenvalue weighted by molar-refractivity contribution is 5.84. The third-order valence-electron chi connectivity index (χ3n) is 2.96. The molecule has 0 spiro atoms. The number of rotatable bonds is 6. The molecular weight excluding hydrogens is 238 g/mol. The SMILES string of the molecule is CCNC(=O)CNC(=O)NC1(CC(=O)O)CCC1. The number of nitrogens with one attached hydrogen (secondary N) is 3. The number of urea groups is 1. The second kappa shape index (κ2) is 6.23. The Morgan fingerprint density at radius 3 is 2.33 bits per heavy atom. The highest BCUT2D eigenvalue weighted by Gasteiger charge is 2.40. The second-order valence-corrected chi connectivity index (χ2v) is 4.47. The van der Waals surface area contributed by atoms with Crippen molar-refractivity contribution < 1.29 is 19.5 Å². The molecule has 0 saturated heterocycles. The summed E-state index contributed by atoms with van der Waals surface area (Å²) in [5.41, 5.74) is -0.642. The Balaban J connectivity index is 2.34. The van der Waals surface area contributed by atoms with Crippen molar-refractivity contribution in [3.05, 3.63) is 0 Å². The molecule has 1 fully saturated rings. The summed E-state index contributed by atoms with van der Waals surface area (Å²) in [6.07, 6.45) is 2.15. The molecule has 1 saturated carbocycles. The van der Waals surface area contributed by atoms with Gasteiger partial charge in [0.25, 0.3) is 0 Å². The predicted octanol–water partition coefficient (Wildman–Crippen LogP) is -0.181. The summed E-state index contributed by atoms with van der Waals surface area (Å²) in [5, 5.41) is 16.4. The Labute approximate surface area is 105 Å². The third kappa shape index (κ3) is 4.23. The average Bonchev–Trinajstić information content (AvgIpc) is 2.23. The molecule has 0 radical (unpaired) electrons. The molecule has 1 rings (SSSR count). The first kappa shape index (κ1) is 14.3. The van der Waals surface area contributed by atoms with Crippen molar-refractivity contribution in [2.75, 3.05) is 13.1 Å². The zero-order chi connectivity index (χ0) is 13.6. The fraction of sp³-hybridized carbons (Fsp3) is 0.727. The number of hydrogen-bond acceptors (Lipinski definition) is 3. The van der Waals surface area contributed by atoms with E-state index >= 15 is 0 Å². The van der Waals surface area contributed by atoms with E-state index in [1.165, 1.54) is 0 Å². The molecule has 1 aliphatic rings. The fourth-order valence-corrected chi connectivity index (χ4v) is 1.94. The van der Waals surface area contributed by atoms with Gasteiger partial charge in [0.05, 0.1) is 18.5 Å². The van der Waals surface area contributed by atoms with Gasteiger partial charge < -0.3 is 21.1 Å². The molecule has 102 valence electrons. The Morgan fingerprint density at radius 2 is 1.89 bits per heavy atom. The van der Waals surface area contributed by atoms with Crippen molar-refractivity contribution in [1.29, 1.82) is 0 Å². The van der Waals surface area contributed by atoms with Crippen LogP contribution in [0, 0.1) is 0 Å². The minimum absolute atomic E-state index is 0.0818. The molecule has 7 heteroatoms. The first-order valence-corrected chi connectivity index (χ1v) is 6.02. The minimum atomic E-state index is -0.932. The van der Waals surface area contributed by atoms with E-state index in [9.17, 15) is 14.4 Å². The molecule has 0 aromatic carbocycles. The molecule has 7 nitrogen and oxygen atoms in total. The maximum absolute atomic E-state index is 11.5. The fourth-order valence-electron chi connectivity index (χ4n) is 1.94. The molecule has 4 N–H and O–H groups in total. The molecule has 0 aliphatic heterocycles. The lowest BCUT2D eigenvalue weighted by Crippen LogP contribution is -2.58. The van der Waals surface area contributed by atoms with Crippen LogP contribution in [0.25, 0.3) is 0 Å².